The summed E-state index contributed by atoms with van der Waals surface area (Å²) in [7, 11) is 2.43. The Kier molecular flexibility index (Phi) is 5.48. The molecule has 1 heterocycles. The molecule has 0 saturated carbocycles. The molecule has 0 aliphatic carbocycles. The van der Waals surface area contributed by atoms with Crippen LogP contribution in [0.3, 0.4) is 0 Å². The van der Waals surface area contributed by atoms with E-state index in [1.807, 2.05) is 6.07 Å². The molecular formula is C19H14Cl2N2O4. The van der Waals surface area contributed by atoms with Gasteiger partial charge in [-0.1, -0.05) is 53.5 Å². The van der Waals surface area contributed by atoms with E-state index in [9.17, 15) is 9.59 Å². The average molecular weight is 405 g/mol. The fourth-order valence-corrected chi connectivity index (χ4v) is 3.02. The third kappa shape index (κ3) is 3.41. The van der Waals surface area contributed by atoms with Crippen LogP contribution >= 0.6 is 23.2 Å². The molecule has 3 rings (SSSR count). The van der Waals surface area contributed by atoms with E-state index in [-0.39, 0.29) is 22.0 Å². The van der Waals surface area contributed by atoms with E-state index in [1.165, 1.54) is 18.9 Å². The van der Waals surface area contributed by atoms with Gasteiger partial charge in [-0.15, -0.1) is 0 Å². The summed E-state index contributed by atoms with van der Waals surface area (Å²) in [5.41, 5.74) is 0.995. The number of aromatic nitrogens is 2. The number of benzene rings is 2. The van der Waals surface area contributed by atoms with Crippen LogP contribution in [-0.2, 0) is 9.47 Å². The van der Waals surface area contributed by atoms with Crippen molar-refractivity contribution in [2.75, 3.05) is 14.2 Å². The number of esters is 2. The van der Waals surface area contributed by atoms with Crippen LogP contribution < -0.4 is 0 Å². The first-order valence-electron chi connectivity index (χ1n) is 7.79. The first-order chi connectivity index (χ1) is 13.0. The third-order valence-electron chi connectivity index (χ3n) is 3.86. The van der Waals surface area contributed by atoms with E-state index in [4.69, 9.17) is 32.7 Å². The van der Waals surface area contributed by atoms with Gasteiger partial charge in [0.25, 0.3) is 0 Å². The summed E-state index contributed by atoms with van der Waals surface area (Å²) in [5, 5.41) is 4.96. The van der Waals surface area contributed by atoms with Gasteiger partial charge in [0.2, 0.25) is 0 Å². The SMILES string of the molecule is COC(=O)c1c(-c2cccc(Cl)c2Cl)nn(-c2ccccc2)c1C(=O)OC. The Bertz CT molecular complexity index is 1020. The lowest BCUT2D eigenvalue weighted by Gasteiger charge is -2.07. The van der Waals surface area contributed by atoms with Crippen molar-refractivity contribution >= 4 is 35.1 Å². The molecule has 8 heteroatoms. The molecule has 0 atom stereocenters. The lowest BCUT2D eigenvalue weighted by molar-refractivity contribution is 0.0549. The summed E-state index contributed by atoms with van der Waals surface area (Å²) >= 11 is 12.4. The molecule has 0 fully saturated rings. The summed E-state index contributed by atoms with van der Waals surface area (Å²) in [4.78, 5) is 25.0. The van der Waals surface area contributed by atoms with Gasteiger partial charge in [-0.05, 0) is 18.2 Å². The molecule has 1 aromatic heterocycles. The minimum absolute atomic E-state index is 0.0580. The fraction of sp³-hybridized carbons (Fsp3) is 0.105. The number of para-hydroxylation sites is 1. The first-order valence-corrected chi connectivity index (χ1v) is 8.54. The van der Waals surface area contributed by atoms with Gasteiger partial charge >= 0.3 is 11.9 Å². The standard InChI is InChI=1S/C19H14Cl2N2O4/c1-26-18(24)14-16(12-9-6-10-13(20)15(12)21)22-23(17(14)19(25)27-2)11-7-4-3-5-8-11/h3-10H,1-2H3. The van der Waals surface area contributed by atoms with Gasteiger partial charge in [0.1, 0.15) is 11.3 Å². The normalized spacial score (nSPS) is 10.5. The minimum atomic E-state index is -0.747. The van der Waals surface area contributed by atoms with Crippen LogP contribution in [0.25, 0.3) is 16.9 Å². The Morgan fingerprint density at radius 2 is 1.59 bits per heavy atom. The maximum Gasteiger partial charge on any atom is 0.357 e. The lowest BCUT2D eigenvalue weighted by atomic mass is 10.1. The predicted molar refractivity (Wildman–Crippen MR) is 102 cm³/mol. The molecule has 0 amide bonds. The number of nitrogens with zero attached hydrogens (tertiary/aromatic N) is 2. The third-order valence-corrected chi connectivity index (χ3v) is 4.68. The molecule has 0 unspecified atom stereocenters. The molecule has 0 aliphatic heterocycles. The lowest BCUT2D eigenvalue weighted by Crippen LogP contribution is -2.15. The highest BCUT2D eigenvalue weighted by Crippen LogP contribution is 2.36. The summed E-state index contributed by atoms with van der Waals surface area (Å²) in [5.74, 6) is -1.49. The first kappa shape index (κ1) is 18.9. The predicted octanol–water partition coefficient (Wildman–Crippen LogP) is 4.42. The Labute approximate surface area is 165 Å². The van der Waals surface area contributed by atoms with Crippen molar-refractivity contribution in [1.29, 1.82) is 0 Å². The van der Waals surface area contributed by atoms with Gasteiger partial charge in [0.15, 0.2) is 5.69 Å². The van der Waals surface area contributed by atoms with E-state index in [1.54, 1.807) is 42.5 Å². The molecule has 0 aliphatic rings. The van der Waals surface area contributed by atoms with E-state index in [2.05, 4.69) is 5.10 Å². The molecule has 0 N–H and O–H groups in total. The molecule has 0 radical (unpaired) electrons. The zero-order chi connectivity index (χ0) is 19.6. The number of carbonyl (C=O) groups excluding carboxylic acids is 2. The summed E-state index contributed by atoms with van der Waals surface area (Å²) in [6.45, 7) is 0. The second kappa shape index (κ2) is 7.82. The van der Waals surface area contributed by atoms with Crippen molar-refractivity contribution < 1.29 is 19.1 Å². The highest BCUT2D eigenvalue weighted by Gasteiger charge is 2.32. The fourth-order valence-electron chi connectivity index (χ4n) is 2.63. The van der Waals surface area contributed by atoms with E-state index in [0.717, 1.165) is 0 Å². The van der Waals surface area contributed by atoms with Crippen LogP contribution in [0, 0.1) is 0 Å². The Hall–Kier alpha value is -2.83. The number of hydrogen-bond donors (Lipinski definition) is 0. The van der Waals surface area contributed by atoms with Crippen molar-refractivity contribution in [3.05, 3.63) is 69.8 Å². The van der Waals surface area contributed by atoms with Crippen LogP contribution in [0.4, 0.5) is 0 Å². The van der Waals surface area contributed by atoms with Gasteiger partial charge in [-0.3, -0.25) is 0 Å². The topological polar surface area (TPSA) is 70.4 Å². The molecule has 2 aromatic carbocycles. The Balaban J connectivity index is 2.40. The van der Waals surface area contributed by atoms with Gasteiger partial charge in [-0.2, -0.15) is 5.10 Å². The average Bonchev–Trinajstić information content (AvgIpc) is 3.09. The molecule has 0 bridgehead atoms. The van der Waals surface area contributed by atoms with Crippen LogP contribution in [0.2, 0.25) is 10.0 Å². The van der Waals surface area contributed by atoms with Crippen LogP contribution in [0.15, 0.2) is 48.5 Å². The van der Waals surface area contributed by atoms with Crippen molar-refractivity contribution in [3.8, 4) is 16.9 Å². The molecule has 27 heavy (non-hydrogen) atoms. The molecule has 0 saturated heterocycles. The summed E-state index contributed by atoms with van der Waals surface area (Å²) in [6.07, 6.45) is 0. The highest BCUT2D eigenvalue weighted by molar-refractivity contribution is 6.43. The van der Waals surface area contributed by atoms with Crippen LogP contribution in [-0.4, -0.2) is 35.9 Å². The van der Waals surface area contributed by atoms with Crippen LogP contribution in [0.1, 0.15) is 20.8 Å². The zero-order valence-electron chi connectivity index (χ0n) is 14.4. The van der Waals surface area contributed by atoms with Crippen molar-refractivity contribution in [2.45, 2.75) is 0 Å². The Morgan fingerprint density at radius 3 is 2.22 bits per heavy atom. The van der Waals surface area contributed by atoms with E-state index in [0.29, 0.717) is 16.3 Å². The van der Waals surface area contributed by atoms with Crippen molar-refractivity contribution in [2.24, 2.45) is 0 Å². The largest absolute Gasteiger partial charge is 0.465 e. The molecule has 3 aromatic rings. The monoisotopic (exact) mass is 404 g/mol. The molecule has 138 valence electrons. The number of hydrogen-bond acceptors (Lipinski definition) is 5. The number of carbonyl (C=O) groups is 2. The Morgan fingerprint density at radius 1 is 0.926 bits per heavy atom. The van der Waals surface area contributed by atoms with Gasteiger partial charge in [-0.25, -0.2) is 14.3 Å². The number of ether oxygens (including phenoxy) is 2. The smallest absolute Gasteiger partial charge is 0.357 e. The number of methoxy groups -OCH3 is 2. The second-order valence-electron chi connectivity index (χ2n) is 5.40. The summed E-state index contributed by atoms with van der Waals surface area (Å²) in [6, 6.07) is 13.8. The molecule has 0 spiro atoms. The quantitative estimate of drug-likeness (QED) is 0.601. The van der Waals surface area contributed by atoms with Crippen molar-refractivity contribution in [3.63, 3.8) is 0 Å². The van der Waals surface area contributed by atoms with Crippen molar-refractivity contribution in [1.82, 2.24) is 9.78 Å². The minimum Gasteiger partial charge on any atom is -0.465 e. The molecule has 6 nitrogen and oxygen atoms in total. The zero-order valence-corrected chi connectivity index (χ0v) is 15.9. The molecular weight excluding hydrogens is 391 g/mol. The maximum absolute atomic E-state index is 12.5. The second-order valence-corrected chi connectivity index (χ2v) is 6.19. The van der Waals surface area contributed by atoms with E-state index < -0.39 is 11.9 Å². The van der Waals surface area contributed by atoms with Gasteiger partial charge in [0, 0.05) is 5.56 Å². The maximum atomic E-state index is 12.5. The number of halogens is 2. The van der Waals surface area contributed by atoms with Gasteiger partial charge < -0.3 is 9.47 Å². The highest BCUT2D eigenvalue weighted by atomic mass is 35.5. The number of rotatable bonds is 4. The van der Waals surface area contributed by atoms with Gasteiger partial charge in [0.05, 0.1) is 30.0 Å². The summed E-state index contributed by atoms with van der Waals surface area (Å²) < 4.78 is 11.1. The van der Waals surface area contributed by atoms with Crippen LogP contribution in [0.5, 0.6) is 0 Å². The van der Waals surface area contributed by atoms with E-state index >= 15 is 0 Å².